The summed E-state index contributed by atoms with van der Waals surface area (Å²) in [5.41, 5.74) is 5.20. The Morgan fingerprint density at radius 2 is 1.71 bits per heavy atom. The number of carbonyl (C=O) groups is 1. The first kappa shape index (κ1) is 24.8. The SMILES string of the molecule is COc1ccc(/C=N\NC(=O)CN(c2cccc(C)c2)S(=O)(=O)c2ccc(C)cc2)c(OC)c1. The number of anilines is 1. The molecule has 0 aliphatic heterocycles. The van der Waals surface area contributed by atoms with Crippen LogP contribution < -0.4 is 19.2 Å². The molecule has 3 aromatic rings. The zero-order chi connectivity index (χ0) is 24.7. The van der Waals surface area contributed by atoms with Crippen molar-refractivity contribution < 1.29 is 22.7 Å². The van der Waals surface area contributed by atoms with Crippen molar-refractivity contribution in [3.63, 3.8) is 0 Å². The van der Waals surface area contributed by atoms with E-state index in [4.69, 9.17) is 9.47 Å². The molecule has 34 heavy (non-hydrogen) atoms. The molecule has 3 rings (SSSR count). The standard InChI is InChI=1S/C25H27N3O5S/c1-18-8-12-23(13-9-18)34(30,31)28(21-7-5-6-19(2)14-21)17-25(29)27-26-16-20-10-11-22(32-3)15-24(20)33-4/h5-16H,17H2,1-4H3,(H,27,29)/b26-16-. The second kappa shape index (κ2) is 10.8. The highest BCUT2D eigenvalue weighted by molar-refractivity contribution is 7.92. The summed E-state index contributed by atoms with van der Waals surface area (Å²) in [6.07, 6.45) is 1.42. The van der Waals surface area contributed by atoms with Gasteiger partial charge in [-0.25, -0.2) is 13.8 Å². The zero-order valence-electron chi connectivity index (χ0n) is 19.5. The van der Waals surface area contributed by atoms with E-state index in [2.05, 4.69) is 10.5 Å². The number of hydrazone groups is 1. The Bertz CT molecular complexity index is 1290. The maximum atomic E-state index is 13.4. The molecule has 0 aromatic heterocycles. The highest BCUT2D eigenvalue weighted by atomic mass is 32.2. The number of hydrogen-bond acceptors (Lipinski definition) is 6. The van der Waals surface area contributed by atoms with Crippen LogP contribution in [-0.2, 0) is 14.8 Å². The number of benzene rings is 3. The van der Waals surface area contributed by atoms with Gasteiger partial charge in [0.05, 0.1) is 31.0 Å². The fraction of sp³-hybridized carbons (Fsp3) is 0.200. The monoisotopic (exact) mass is 481 g/mol. The Morgan fingerprint density at radius 1 is 0.971 bits per heavy atom. The van der Waals surface area contributed by atoms with Gasteiger partial charge >= 0.3 is 0 Å². The number of ether oxygens (including phenoxy) is 2. The fourth-order valence-corrected chi connectivity index (χ4v) is 4.61. The lowest BCUT2D eigenvalue weighted by Crippen LogP contribution is -2.39. The second-order valence-corrected chi connectivity index (χ2v) is 9.43. The summed E-state index contributed by atoms with van der Waals surface area (Å²) in [6.45, 7) is 3.28. The van der Waals surface area contributed by atoms with Crippen molar-refractivity contribution in [1.82, 2.24) is 5.43 Å². The van der Waals surface area contributed by atoms with E-state index in [1.807, 2.05) is 19.9 Å². The van der Waals surface area contributed by atoms with Crippen molar-refractivity contribution in [2.75, 3.05) is 25.1 Å². The summed E-state index contributed by atoms with van der Waals surface area (Å²) in [7, 11) is -0.928. The molecule has 0 spiro atoms. The second-order valence-electron chi connectivity index (χ2n) is 7.56. The minimum atomic E-state index is -3.99. The van der Waals surface area contributed by atoms with Gasteiger partial charge in [-0.05, 0) is 55.8 Å². The third kappa shape index (κ3) is 5.93. The van der Waals surface area contributed by atoms with Gasteiger partial charge in [-0.2, -0.15) is 5.10 Å². The summed E-state index contributed by atoms with van der Waals surface area (Å²) < 4.78 is 38.4. The Hall–Kier alpha value is -3.85. The van der Waals surface area contributed by atoms with Gasteiger partial charge in [0.1, 0.15) is 18.0 Å². The summed E-state index contributed by atoms with van der Waals surface area (Å²) in [5, 5.41) is 3.97. The van der Waals surface area contributed by atoms with Gasteiger partial charge in [0, 0.05) is 11.6 Å². The average molecular weight is 482 g/mol. The molecule has 0 unspecified atom stereocenters. The summed E-state index contributed by atoms with van der Waals surface area (Å²) in [6, 6.07) is 18.6. The van der Waals surface area contributed by atoms with E-state index >= 15 is 0 Å². The Morgan fingerprint density at radius 3 is 2.35 bits per heavy atom. The number of methoxy groups -OCH3 is 2. The lowest BCUT2D eigenvalue weighted by Gasteiger charge is -2.24. The van der Waals surface area contributed by atoms with E-state index in [-0.39, 0.29) is 4.90 Å². The van der Waals surface area contributed by atoms with Gasteiger partial charge in [0.25, 0.3) is 15.9 Å². The molecule has 3 aromatic carbocycles. The van der Waals surface area contributed by atoms with Crippen LogP contribution in [0.1, 0.15) is 16.7 Å². The maximum Gasteiger partial charge on any atom is 0.264 e. The first-order valence-corrected chi connectivity index (χ1v) is 11.9. The highest BCUT2D eigenvalue weighted by Gasteiger charge is 2.27. The molecule has 0 fully saturated rings. The molecule has 0 heterocycles. The van der Waals surface area contributed by atoms with Gasteiger partial charge in [-0.3, -0.25) is 9.10 Å². The number of carbonyl (C=O) groups excluding carboxylic acids is 1. The van der Waals surface area contributed by atoms with Crippen LogP contribution in [0.3, 0.4) is 0 Å². The largest absolute Gasteiger partial charge is 0.497 e. The van der Waals surface area contributed by atoms with Gasteiger partial charge in [0.15, 0.2) is 0 Å². The van der Waals surface area contributed by atoms with Crippen LogP contribution in [0.25, 0.3) is 0 Å². The molecule has 8 nitrogen and oxygen atoms in total. The number of nitrogens with zero attached hydrogens (tertiary/aromatic N) is 2. The van der Waals surface area contributed by atoms with Crippen molar-refractivity contribution in [3.8, 4) is 11.5 Å². The molecule has 0 aliphatic carbocycles. The quantitative estimate of drug-likeness (QED) is 0.372. The van der Waals surface area contributed by atoms with Gasteiger partial charge in [0.2, 0.25) is 0 Å². The first-order valence-electron chi connectivity index (χ1n) is 10.4. The van der Waals surface area contributed by atoms with Crippen LogP contribution in [0.2, 0.25) is 0 Å². The number of sulfonamides is 1. The molecule has 0 aliphatic rings. The minimum absolute atomic E-state index is 0.0962. The van der Waals surface area contributed by atoms with Crippen LogP contribution in [0.5, 0.6) is 11.5 Å². The third-order valence-electron chi connectivity index (χ3n) is 5.02. The Balaban J connectivity index is 1.83. The fourth-order valence-electron chi connectivity index (χ4n) is 3.20. The summed E-state index contributed by atoms with van der Waals surface area (Å²) in [5.74, 6) is 0.537. The number of nitrogens with one attached hydrogen (secondary N) is 1. The lowest BCUT2D eigenvalue weighted by molar-refractivity contribution is -0.119. The molecular weight excluding hydrogens is 454 g/mol. The van der Waals surface area contributed by atoms with Crippen molar-refractivity contribution >= 4 is 27.8 Å². The van der Waals surface area contributed by atoms with Crippen LogP contribution in [0.4, 0.5) is 5.69 Å². The number of aryl methyl sites for hydroxylation is 2. The molecule has 1 amide bonds. The molecule has 0 saturated carbocycles. The van der Waals surface area contributed by atoms with Gasteiger partial charge in [-0.15, -0.1) is 0 Å². The van der Waals surface area contributed by atoms with Crippen molar-refractivity contribution in [3.05, 3.63) is 83.4 Å². The summed E-state index contributed by atoms with van der Waals surface area (Å²) >= 11 is 0. The number of hydrogen-bond donors (Lipinski definition) is 1. The molecule has 178 valence electrons. The minimum Gasteiger partial charge on any atom is -0.497 e. The molecular formula is C25H27N3O5S. The molecule has 0 bridgehead atoms. The predicted octanol–water partition coefficient (Wildman–Crippen LogP) is 3.67. The van der Waals surface area contributed by atoms with E-state index in [0.717, 1.165) is 15.4 Å². The molecule has 0 radical (unpaired) electrons. The molecule has 1 N–H and O–H groups in total. The topological polar surface area (TPSA) is 97.3 Å². The molecule has 9 heteroatoms. The van der Waals surface area contributed by atoms with E-state index in [1.54, 1.807) is 55.6 Å². The average Bonchev–Trinajstić information content (AvgIpc) is 2.82. The maximum absolute atomic E-state index is 13.4. The van der Waals surface area contributed by atoms with Crippen molar-refractivity contribution in [1.29, 1.82) is 0 Å². The van der Waals surface area contributed by atoms with E-state index < -0.39 is 22.5 Å². The Kier molecular flexibility index (Phi) is 7.91. The molecule has 0 saturated heterocycles. The highest BCUT2D eigenvalue weighted by Crippen LogP contribution is 2.25. The predicted molar refractivity (Wildman–Crippen MR) is 132 cm³/mol. The third-order valence-corrected chi connectivity index (χ3v) is 6.81. The normalized spacial score (nSPS) is 11.3. The van der Waals surface area contributed by atoms with Gasteiger partial charge in [-0.1, -0.05) is 29.8 Å². The van der Waals surface area contributed by atoms with Crippen LogP contribution in [-0.4, -0.2) is 41.3 Å². The van der Waals surface area contributed by atoms with E-state index in [1.165, 1.54) is 25.5 Å². The van der Waals surface area contributed by atoms with Crippen molar-refractivity contribution in [2.24, 2.45) is 5.10 Å². The Labute approximate surface area is 199 Å². The smallest absolute Gasteiger partial charge is 0.264 e. The first-order chi connectivity index (χ1) is 16.2. The zero-order valence-corrected chi connectivity index (χ0v) is 20.3. The van der Waals surface area contributed by atoms with Gasteiger partial charge < -0.3 is 9.47 Å². The van der Waals surface area contributed by atoms with Crippen LogP contribution in [0.15, 0.2) is 76.7 Å². The molecule has 0 atom stereocenters. The number of rotatable bonds is 9. The van der Waals surface area contributed by atoms with Crippen LogP contribution >= 0.6 is 0 Å². The van der Waals surface area contributed by atoms with Crippen molar-refractivity contribution in [2.45, 2.75) is 18.7 Å². The number of amides is 1. The van der Waals surface area contributed by atoms with Crippen LogP contribution in [0, 0.1) is 13.8 Å². The lowest BCUT2D eigenvalue weighted by atomic mass is 10.2. The summed E-state index contributed by atoms with van der Waals surface area (Å²) in [4.78, 5) is 12.8. The van der Waals surface area contributed by atoms with E-state index in [0.29, 0.717) is 22.7 Å². The van der Waals surface area contributed by atoms with E-state index in [9.17, 15) is 13.2 Å².